The predicted octanol–water partition coefficient (Wildman–Crippen LogP) is 12.9. The molecule has 0 spiro atoms. The molecule has 0 nitrogen and oxygen atoms in total. The second-order valence-electron chi connectivity index (χ2n) is 17.8. The first-order valence-electron chi connectivity index (χ1n) is 18.3. The molecule has 1 heteroatoms. The number of benzene rings is 3. The first-order valence-corrected chi connectivity index (χ1v) is 19.7. The summed E-state index contributed by atoms with van der Waals surface area (Å²) in [7, 11) is 0. The van der Waals surface area contributed by atoms with E-state index >= 15 is 0 Å². The van der Waals surface area contributed by atoms with E-state index in [-0.39, 0.29) is 16.2 Å². The van der Waals surface area contributed by atoms with E-state index in [4.69, 9.17) is 0 Å². The third kappa shape index (κ3) is 7.69. The third-order valence-electron chi connectivity index (χ3n) is 10.7. The van der Waals surface area contributed by atoms with Gasteiger partial charge in [-0.1, -0.05) is 111 Å². The largest absolute Gasteiger partial charge is 0.266 e. The predicted molar refractivity (Wildman–Crippen MR) is 211 cm³/mol. The van der Waals surface area contributed by atoms with Crippen molar-refractivity contribution in [3.8, 4) is 11.1 Å². The van der Waals surface area contributed by atoms with Crippen molar-refractivity contribution in [1.82, 2.24) is 0 Å². The van der Waals surface area contributed by atoms with E-state index in [0.717, 1.165) is 12.8 Å². The van der Waals surface area contributed by atoms with Crippen molar-refractivity contribution in [2.24, 2.45) is 11.3 Å². The minimum atomic E-state index is 0.0340. The maximum absolute atomic E-state index is 3.65. The van der Waals surface area contributed by atoms with Crippen LogP contribution in [0.1, 0.15) is 148 Å². The van der Waals surface area contributed by atoms with Gasteiger partial charge in [0.05, 0.1) is 0 Å². The van der Waals surface area contributed by atoms with Gasteiger partial charge in [-0.05, 0) is 58.4 Å². The summed E-state index contributed by atoms with van der Waals surface area (Å²) >= 11 is 1.46. The van der Waals surface area contributed by atoms with Crippen molar-refractivity contribution in [3.05, 3.63) is 128 Å². The average Bonchev–Trinajstić information content (AvgIpc) is 3.70. The van der Waals surface area contributed by atoms with E-state index in [1.54, 1.807) is 0 Å². The van der Waals surface area contributed by atoms with E-state index < -0.39 is 0 Å². The Hall–Kier alpha value is -2.63. The van der Waals surface area contributed by atoms with E-state index in [1.165, 1.54) is 102 Å². The molecular weight excluding hydrogens is 668 g/mol. The SMILES string of the molecule is CC(C)(C)c1ccc([CH]=[Zr+2])cc1.CC1=[C-]C(C)(C)c2cc3c(cc21)-c1cc2c(cc1C3)C(C)(C)C=C2C.CCC1=[C-]C(C)C=C1C(C)(C)C. The van der Waals surface area contributed by atoms with Crippen molar-refractivity contribution >= 4 is 14.9 Å². The number of hydrogen-bond acceptors (Lipinski definition) is 0. The average molecular weight is 726 g/mol. The summed E-state index contributed by atoms with van der Waals surface area (Å²) in [6, 6.07) is 18.6. The molecular formula is C48H58Zr. The third-order valence-corrected chi connectivity index (χ3v) is 11.5. The zero-order valence-corrected chi connectivity index (χ0v) is 35.3. The van der Waals surface area contributed by atoms with E-state index in [9.17, 15) is 0 Å². The molecule has 254 valence electrons. The summed E-state index contributed by atoms with van der Waals surface area (Å²) in [6.07, 6.45) is 14.1. The smallest absolute Gasteiger partial charge is 0.00873 e. The van der Waals surface area contributed by atoms with Crippen LogP contribution in [-0.4, -0.2) is 3.71 Å². The van der Waals surface area contributed by atoms with Gasteiger partial charge in [0.1, 0.15) is 0 Å². The van der Waals surface area contributed by atoms with Gasteiger partial charge in [-0.3, -0.25) is 12.2 Å². The quantitative estimate of drug-likeness (QED) is 0.181. The van der Waals surface area contributed by atoms with E-state index in [1.807, 2.05) is 0 Å². The zero-order valence-electron chi connectivity index (χ0n) is 32.8. The maximum Gasteiger partial charge on any atom is 0.00873 e. The van der Waals surface area contributed by atoms with E-state index in [2.05, 4.69) is 173 Å². The Labute approximate surface area is 314 Å². The van der Waals surface area contributed by atoms with Crippen LogP contribution in [0.15, 0.2) is 71.8 Å². The Balaban J connectivity index is 0.000000164. The van der Waals surface area contributed by atoms with Gasteiger partial charge in [0.2, 0.25) is 0 Å². The Morgan fingerprint density at radius 2 is 1.37 bits per heavy atom. The summed E-state index contributed by atoms with van der Waals surface area (Å²) in [6.45, 7) is 31.6. The molecule has 49 heavy (non-hydrogen) atoms. The zero-order chi connectivity index (χ0) is 36.3. The fraction of sp³-hybridized carbons (Fsp3) is 0.438. The molecule has 0 radical (unpaired) electrons. The monoisotopic (exact) mass is 724 g/mol. The minimum absolute atomic E-state index is 0.0340. The Kier molecular flexibility index (Phi) is 10.4. The second-order valence-corrected chi connectivity index (χ2v) is 18.5. The van der Waals surface area contributed by atoms with Crippen LogP contribution in [-0.2, 0) is 46.9 Å². The van der Waals surface area contributed by atoms with Gasteiger partial charge >= 0.3 is 89.5 Å². The first-order chi connectivity index (χ1) is 22.7. The van der Waals surface area contributed by atoms with Crippen LogP contribution in [0.25, 0.3) is 22.3 Å². The summed E-state index contributed by atoms with van der Waals surface area (Å²) in [5, 5.41) is 0. The van der Waals surface area contributed by atoms with Gasteiger partial charge in [-0.25, -0.2) is 11.1 Å². The Morgan fingerprint density at radius 3 is 1.88 bits per heavy atom. The maximum atomic E-state index is 3.65. The van der Waals surface area contributed by atoms with Crippen LogP contribution in [0.2, 0.25) is 0 Å². The number of fused-ring (bicyclic) bond motifs is 5. The van der Waals surface area contributed by atoms with Crippen LogP contribution >= 0.6 is 0 Å². The van der Waals surface area contributed by atoms with Crippen LogP contribution in [0.3, 0.4) is 0 Å². The van der Waals surface area contributed by atoms with Gasteiger partial charge in [-0.2, -0.15) is 17.2 Å². The summed E-state index contributed by atoms with van der Waals surface area (Å²) < 4.78 is 2.21. The fourth-order valence-corrected chi connectivity index (χ4v) is 8.57. The molecule has 3 aromatic carbocycles. The fourth-order valence-electron chi connectivity index (χ4n) is 8.09. The molecule has 7 rings (SSSR count). The van der Waals surface area contributed by atoms with Crippen LogP contribution in [0.4, 0.5) is 0 Å². The molecule has 0 heterocycles. The van der Waals surface area contributed by atoms with Gasteiger partial charge in [0.15, 0.2) is 0 Å². The van der Waals surface area contributed by atoms with Crippen molar-refractivity contribution in [1.29, 1.82) is 0 Å². The topological polar surface area (TPSA) is 0 Å². The molecule has 3 aromatic rings. The summed E-state index contributed by atoms with van der Waals surface area (Å²) in [5.74, 6) is 0.522. The molecule has 1 unspecified atom stereocenters. The van der Waals surface area contributed by atoms with Crippen molar-refractivity contribution < 1.29 is 24.2 Å². The molecule has 0 bridgehead atoms. The molecule has 1 atom stereocenters. The molecule has 0 aliphatic heterocycles. The number of rotatable bonds is 2. The molecule has 0 aromatic heterocycles. The Morgan fingerprint density at radius 1 is 0.796 bits per heavy atom. The molecule has 0 saturated heterocycles. The molecule has 4 aliphatic carbocycles. The number of hydrogen-bond donors (Lipinski definition) is 0. The van der Waals surface area contributed by atoms with Gasteiger partial charge in [0, 0.05) is 5.41 Å². The van der Waals surface area contributed by atoms with Crippen molar-refractivity contribution in [2.45, 2.75) is 126 Å². The van der Waals surface area contributed by atoms with Gasteiger partial charge in [0.25, 0.3) is 0 Å². The van der Waals surface area contributed by atoms with E-state index in [0.29, 0.717) is 11.3 Å². The second kappa shape index (κ2) is 13.5. The van der Waals surface area contributed by atoms with Gasteiger partial charge in [-0.15, -0.1) is 11.6 Å². The van der Waals surface area contributed by atoms with Crippen LogP contribution in [0, 0.1) is 23.5 Å². The summed E-state index contributed by atoms with van der Waals surface area (Å²) in [4.78, 5) is 0. The molecule has 0 N–H and O–H groups in total. The molecule has 0 fully saturated rings. The molecule has 4 aliphatic rings. The van der Waals surface area contributed by atoms with Gasteiger partial charge < -0.3 is 0 Å². The van der Waals surface area contributed by atoms with Crippen LogP contribution < -0.4 is 0 Å². The minimum Gasteiger partial charge on any atom is -0.266 e. The summed E-state index contributed by atoms with van der Waals surface area (Å²) in [5.41, 5.74) is 20.8. The molecule has 0 saturated carbocycles. The number of allylic oxidation sites excluding steroid dienone is 8. The van der Waals surface area contributed by atoms with Crippen molar-refractivity contribution in [2.75, 3.05) is 0 Å². The van der Waals surface area contributed by atoms with Crippen LogP contribution in [0.5, 0.6) is 0 Å². The first kappa shape index (κ1) is 37.6. The standard InChI is InChI=1S/C25H25.C12H19.C11H14.Zr/c1-14-12-24(3,4)22-8-16-7-17-9-23-19(15(2)13-25(23,5)6)11-21(17)20(16)10-18(14)22;1-6-10-7-9(2)8-11(10)12(3,4)5;1-9-5-7-10(8-6-9)11(2,3)4;/h8-12H,7H2,1-6H3;8-9H,6H2,1-5H3;1,5-8H,2-4H3;/q2*-1;;+2. The normalized spacial score (nSPS) is 19.1. The Bertz CT molecular complexity index is 1820. The van der Waals surface area contributed by atoms with Crippen molar-refractivity contribution in [3.63, 3.8) is 0 Å². The molecule has 0 amide bonds.